The Morgan fingerprint density at radius 1 is 1.19 bits per heavy atom. The highest BCUT2D eigenvalue weighted by molar-refractivity contribution is 7.89. The third kappa shape index (κ3) is 4.20. The first-order valence-corrected chi connectivity index (χ1v) is 9.66. The first kappa shape index (κ1) is 18.3. The van der Waals surface area contributed by atoms with Crippen molar-refractivity contribution in [3.8, 4) is 0 Å². The molecule has 2 N–H and O–H groups in total. The monoisotopic (exact) mass is 381 g/mol. The summed E-state index contributed by atoms with van der Waals surface area (Å²) < 4.78 is 39.3. The van der Waals surface area contributed by atoms with Gasteiger partial charge in [0, 0.05) is 32.7 Å². The van der Waals surface area contributed by atoms with E-state index in [9.17, 15) is 17.6 Å². The summed E-state index contributed by atoms with van der Waals surface area (Å²) in [5.41, 5.74) is 0.790. The van der Waals surface area contributed by atoms with Gasteiger partial charge >= 0.3 is 6.03 Å². The summed E-state index contributed by atoms with van der Waals surface area (Å²) in [6.07, 6.45) is 3.13. The van der Waals surface area contributed by atoms with Crippen LogP contribution in [0.3, 0.4) is 0 Å². The van der Waals surface area contributed by atoms with Crippen molar-refractivity contribution >= 4 is 16.1 Å². The Bertz CT molecular complexity index is 839. The molecule has 8 nitrogen and oxygen atoms in total. The molecule has 1 aromatic carbocycles. The lowest BCUT2D eigenvalue weighted by molar-refractivity contribution is 0.200. The molecule has 3 rings (SSSR count). The maximum Gasteiger partial charge on any atom is 0.317 e. The minimum absolute atomic E-state index is 0.0479. The molecule has 140 valence electrons. The number of H-pyrrole nitrogens is 1. The molecule has 0 saturated carbocycles. The zero-order valence-corrected chi connectivity index (χ0v) is 14.9. The van der Waals surface area contributed by atoms with E-state index in [1.807, 2.05) is 0 Å². The molecule has 2 amide bonds. The molecule has 1 aromatic heterocycles. The van der Waals surface area contributed by atoms with E-state index in [4.69, 9.17) is 0 Å². The predicted octanol–water partition coefficient (Wildman–Crippen LogP) is 1.16. The standard InChI is InChI=1S/C16H20FN5O3S/c17-14-4-2-13(3-5-14)10-19-16(23)21-6-1-7-22(9-8-21)26(24,25)15-11-18-12-20-15/h2-5,11-12H,1,6-10H2,(H,18,20)(H,19,23). The summed E-state index contributed by atoms with van der Waals surface area (Å²) in [7, 11) is -3.63. The Labute approximate surface area is 151 Å². The molecule has 0 bridgehead atoms. The van der Waals surface area contributed by atoms with Gasteiger partial charge in [-0.1, -0.05) is 12.1 Å². The van der Waals surface area contributed by atoms with Gasteiger partial charge in [-0.25, -0.2) is 22.6 Å². The van der Waals surface area contributed by atoms with E-state index in [1.54, 1.807) is 17.0 Å². The summed E-state index contributed by atoms with van der Waals surface area (Å²) >= 11 is 0. The van der Waals surface area contributed by atoms with E-state index in [0.717, 1.165) is 5.56 Å². The number of rotatable bonds is 4. The Kier molecular flexibility index (Phi) is 5.52. The molecule has 2 aromatic rings. The topological polar surface area (TPSA) is 98.4 Å². The summed E-state index contributed by atoms with van der Waals surface area (Å²) in [5, 5.41) is 2.83. The van der Waals surface area contributed by atoms with Crippen molar-refractivity contribution < 1.29 is 17.6 Å². The molecular weight excluding hydrogens is 361 g/mol. The van der Waals surface area contributed by atoms with E-state index in [0.29, 0.717) is 26.1 Å². The third-order valence-corrected chi connectivity index (χ3v) is 6.01. The van der Waals surface area contributed by atoms with Crippen molar-refractivity contribution in [2.45, 2.75) is 18.0 Å². The number of carbonyl (C=O) groups excluding carboxylic acids is 1. The molecule has 1 aliphatic heterocycles. The molecule has 0 unspecified atom stereocenters. The minimum Gasteiger partial charge on any atom is -0.335 e. The van der Waals surface area contributed by atoms with Gasteiger partial charge in [0.1, 0.15) is 5.82 Å². The number of nitrogens with one attached hydrogen (secondary N) is 2. The summed E-state index contributed by atoms with van der Waals surface area (Å²) in [4.78, 5) is 20.3. The van der Waals surface area contributed by atoms with Crippen LogP contribution in [0.2, 0.25) is 0 Å². The van der Waals surface area contributed by atoms with Gasteiger partial charge in [0.25, 0.3) is 10.0 Å². The maximum absolute atomic E-state index is 12.9. The van der Waals surface area contributed by atoms with Crippen molar-refractivity contribution in [2.24, 2.45) is 0 Å². The van der Waals surface area contributed by atoms with Crippen LogP contribution in [0.5, 0.6) is 0 Å². The van der Waals surface area contributed by atoms with Gasteiger partial charge in [-0.3, -0.25) is 0 Å². The summed E-state index contributed by atoms with van der Waals surface area (Å²) in [5.74, 6) is -0.328. The Balaban J connectivity index is 1.56. The Morgan fingerprint density at radius 2 is 1.96 bits per heavy atom. The van der Waals surface area contributed by atoms with Crippen molar-refractivity contribution in [3.63, 3.8) is 0 Å². The fraction of sp³-hybridized carbons (Fsp3) is 0.375. The average molecular weight is 381 g/mol. The number of aromatic amines is 1. The van der Waals surface area contributed by atoms with E-state index in [1.165, 1.54) is 29.0 Å². The molecule has 0 atom stereocenters. The second-order valence-electron chi connectivity index (χ2n) is 5.95. The highest BCUT2D eigenvalue weighted by atomic mass is 32.2. The fourth-order valence-corrected chi connectivity index (χ4v) is 4.12. The van der Waals surface area contributed by atoms with Crippen molar-refractivity contribution in [2.75, 3.05) is 26.2 Å². The molecule has 1 fully saturated rings. The van der Waals surface area contributed by atoms with Crippen LogP contribution in [-0.4, -0.2) is 59.8 Å². The first-order chi connectivity index (χ1) is 12.5. The molecule has 0 radical (unpaired) electrons. The highest BCUT2D eigenvalue weighted by Crippen LogP contribution is 2.15. The molecule has 2 heterocycles. The Morgan fingerprint density at radius 3 is 2.65 bits per heavy atom. The quantitative estimate of drug-likeness (QED) is 0.830. The lowest BCUT2D eigenvalue weighted by Crippen LogP contribution is -2.42. The van der Waals surface area contributed by atoms with Gasteiger partial charge in [-0.2, -0.15) is 4.31 Å². The number of hydrogen-bond acceptors (Lipinski definition) is 4. The average Bonchev–Trinajstić information content (AvgIpc) is 3.06. The molecule has 26 heavy (non-hydrogen) atoms. The molecular formula is C16H20FN5O3S. The number of carbonyl (C=O) groups is 1. The van der Waals surface area contributed by atoms with Crippen molar-refractivity contribution in [1.29, 1.82) is 0 Å². The highest BCUT2D eigenvalue weighted by Gasteiger charge is 2.29. The van der Waals surface area contributed by atoms with E-state index >= 15 is 0 Å². The lowest BCUT2D eigenvalue weighted by atomic mass is 10.2. The maximum atomic E-state index is 12.9. The van der Waals surface area contributed by atoms with Crippen LogP contribution < -0.4 is 5.32 Å². The number of amides is 2. The van der Waals surface area contributed by atoms with Crippen LogP contribution >= 0.6 is 0 Å². The Hall–Kier alpha value is -2.46. The zero-order valence-electron chi connectivity index (χ0n) is 14.1. The third-order valence-electron chi connectivity index (χ3n) is 4.19. The van der Waals surface area contributed by atoms with E-state index in [2.05, 4.69) is 15.3 Å². The number of aromatic nitrogens is 2. The predicted molar refractivity (Wildman–Crippen MR) is 92.2 cm³/mol. The molecule has 1 aliphatic rings. The zero-order chi connectivity index (χ0) is 18.6. The lowest BCUT2D eigenvalue weighted by Gasteiger charge is -2.22. The van der Waals surface area contributed by atoms with Crippen molar-refractivity contribution in [3.05, 3.63) is 48.2 Å². The normalized spacial score (nSPS) is 16.3. The smallest absolute Gasteiger partial charge is 0.317 e. The summed E-state index contributed by atoms with van der Waals surface area (Å²) in [6, 6.07) is 5.63. The molecule has 1 saturated heterocycles. The van der Waals surface area contributed by atoms with E-state index in [-0.39, 0.29) is 30.0 Å². The SMILES string of the molecule is O=C(NCc1ccc(F)cc1)N1CCCN(S(=O)(=O)c2cnc[nH]2)CC1. The minimum atomic E-state index is -3.63. The van der Waals surface area contributed by atoms with Crippen LogP contribution in [0.4, 0.5) is 9.18 Å². The second kappa shape index (κ2) is 7.83. The van der Waals surface area contributed by atoms with Crippen LogP contribution in [-0.2, 0) is 16.6 Å². The number of benzene rings is 1. The van der Waals surface area contributed by atoms with Crippen LogP contribution in [0.25, 0.3) is 0 Å². The van der Waals surface area contributed by atoms with Gasteiger partial charge in [0.15, 0.2) is 5.03 Å². The second-order valence-corrected chi connectivity index (χ2v) is 7.85. The molecule has 10 heteroatoms. The molecule has 0 aliphatic carbocycles. The number of imidazole rings is 1. The number of nitrogens with zero attached hydrogens (tertiary/aromatic N) is 3. The number of hydrogen-bond donors (Lipinski definition) is 2. The van der Waals surface area contributed by atoms with E-state index < -0.39 is 10.0 Å². The number of urea groups is 1. The molecule has 0 spiro atoms. The van der Waals surface area contributed by atoms with Crippen LogP contribution in [0, 0.1) is 5.82 Å². The van der Waals surface area contributed by atoms with Crippen LogP contribution in [0.1, 0.15) is 12.0 Å². The van der Waals surface area contributed by atoms with Crippen LogP contribution in [0.15, 0.2) is 41.8 Å². The van der Waals surface area contributed by atoms with Gasteiger partial charge < -0.3 is 15.2 Å². The van der Waals surface area contributed by atoms with Gasteiger partial charge in [-0.15, -0.1) is 0 Å². The van der Waals surface area contributed by atoms with Gasteiger partial charge in [0.2, 0.25) is 0 Å². The van der Waals surface area contributed by atoms with Gasteiger partial charge in [0.05, 0.1) is 12.5 Å². The van der Waals surface area contributed by atoms with Gasteiger partial charge in [-0.05, 0) is 24.1 Å². The number of halogens is 1. The largest absolute Gasteiger partial charge is 0.335 e. The number of sulfonamides is 1. The first-order valence-electron chi connectivity index (χ1n) is 8.22. The summed E-state index contributed by atoms with van der Waals surface area (Å²) in [6.45, 7) is 1.59. The fourth-order valence-electron chi connectivity index (χ4n) is 2.75. The van der Waals surface area contributed by atoms with Crippen molar-refractivity contribution in [1.82, 2.24) is 24.5 Å².